The van der Waals surface area contributed by atoms with Gasteiger partial charge in [-0.05, 0) is 37.8 Å². The van der Waals surface area contributed by atoms with E-state index in [2.05, 4.69) is 57.9 Å². The van der Waals surface area contributed by atoms with Gasteiger partial charge in [-0.15, -0.1) is 0 Å². The van der Waals surface area contributed by atoms with Crippen molar-refractivity contribution < 1.29 is 4.74 Å². The van der Waals surface area contributed by atoms with Gasteiger partial charge in [0.1, 0.15) is 0 Å². The summed E-state index contributed by atoms with van der Waals surface area (Å²) in [7, 11) is 0. The number of likely N-dealkylation sites (tertiary alicyclic amines) is 1. The van der Waals surface area contributed by atoms with Crippen molar-refractivity contribution >= 4 is 5.96 Å². The van der Waals surface area contributed by atoms with E-state index < -0.39 is 0 Å². The molecule has 0 aliphatic carbocycles. The van der Waals surface area contributed by atoms with Crippen LogP contribution in [0.2, 0.25) is 0 Å². The van der Waals surface area contributed by atoms with Crippen molar-refractivity contribution in [2.24, 2.45) is 4.99 Å². The lowest BCUT2D eigenvalue weighted by molar-refractivity contribution is 0.0263. The highest BCUT2D eigenvalue weighted by atomic mass is 16.5. The Morgan fingerprint density at radius 1 is 1.19 bits per heavy atom. The molecule has 0 bridgehead atoms. The van der Waals surface area contributed by atoms with Crippen molar-refractivity contribution in [3.63, 3.8) is 0 Å². The summed E-state index contributed by atoms with van der Waals surface area (Å²) in [6, 6.07) is 8.68. The number of nitrogens with zero attached hydrogens (tertiary/aromatic N) is 4. The second-order valence-electron chi connectivity index (χ2n) is 6.86. The van der Waals surface area contributed by atoms with E-state index in [9.17, 15) is 0 Å². The van der Waals surface area contributed by atoms with Crippen molar-refractivity contribution in [3.05, 3.63) is 54.1 Å². The van der Waals surface area contributed by atoms with Crippen molar-refractivity contribution in [2.45, 2.75) is 45.9 Å². The van der Waals surface area contributed by atoms with Gasteiger partial charge in [0.2, 0.25) is 0 Å². The summed E-state index contributed by atoms with van der Waals surface area (Å²) in [4.78, 5) is 11.3. The summed E-state index contributed by atoms with van der Waals surface area (Å²) in [5.74, 6) is 1.01. The molecule has 1 fully saturated rings. The van der Waals surface area contributed by atoms with Crippen molar-refractivity contribution in [3.8, 4) is 0 Å². The van der Waals surface area contributed by atoms with E-state index in [1.807, 2.05) is 18.7 Å². The molecule has 0 amide bonds. The van der Waals surface area contributed by atoms with Gasteiger partial charge >= 0.3 is 0 Å². The third-order valence-corrected chi connectivity index (χ3v) is 4.84. The molecule has 0 spiro atoms. The van der Waals surface area contributed by atoms with Crippen molar-refractivity contribution in [2.75, 3.05) is 26.2 Å². The maximum Gasteiger partial charge on any atom is 0.194 e. The fourth-order valence-electron chi connectivity index (χ4n) is 3.40. The van der Waals surface area contributed by atoms with Crippen molar-refractivity contribution in [1.82, 2.24) is 19.8 Å². The van der Waals surface area contributed by atoms with Gasteiger partial charge in [0.05, 0.1) is 19.0 Å². The SMILES string of the molecule is CCNC(=NCc1ccc(Cn2ccnc2)cc1)N1CCC(OCC)CC1. The van der Waals surface area contributed by atoms with Crippen LogP contribution in [0.25, 0.3) is 0 Å². The van der Waals surface area contributed by atoms with E-state index >= 15 is 0 Å². The zero-order valence-electron chi connectivity index (χ0n) is 16.5. The first-order valence-corrected chi connectivity index (χ1v) is 9.97. The van der Waals surface area contributed by atoms with Gasteiger partial charge in [-0.3, -0.25) is 0 Å². The molecule has 0 radical (unpaired) electrons. The summed E-state index contributed by atoms with van der Waals surface area (Å²) in [6.45, 7) is 9.41. The third-order valence-electron chi connectivity index (χ3n) is 4.84. The Balaban J connectivity index is 1.56. The van der Waals surface area contributed by atoms with Crippen LogP contribution in [-0.2, 0) is 17.8 Å². The largest absolute Gasteiger partial charge is 0.378 e. The number of piperidine rings is 1. The average Bonchev–Trinajstić information content (AvgIpc) is 3.20. The molecule has 3 rings (SSSR count). The molecule has 2 heterocycles. The summed E-state index contributed by atoms with van der Waals surface area (Å²) < 4.78 is 7.83. The van der Waals surface area contributed by atoms with Crippen LogP contribution in [0.1, 0.15) is 37.8 Å². The fourth-order valence-corrected chi connectivity index (χ4v) is 3.40. The van der Waals surface area contributed by atoms with Crippen LogP contribution in [0, 0.1) is 0 Å². The first-order chi connectivity index (χ1) is 13.3. The number of guanidine groups is 1. The number of aromatic nitrogens is 2. The standard InChI is InChI=1S/C21H31N5O/c1-3-23-21(26-12-9-20(10-13-26)27-4-2)24-15-18-5-7-19(8-6-18)16-25-14-11-22-17-25/h5-8,11,14,17,20H,3-4,9-10,12-13,15-16H2,1-2H3,(H,23,24). The Morgan fingerprint density at radius 3 is 2.56 bits per heavy atom. The molecule has 1 aliphatic rings. The monoisotopic (exact) mass is 369 g/mol. The van der Waals surface area contributed by atoms with Crippen LogP contribution < -0.4 is 5.32 Å². The summed E-state index contributed by atoms with van der Waals surface area (Å²) in [5.41, 5.74) is 2.50. The molecule has 1 saturated heterocycles. The van der Waals surface area contributed by atoms with Crippen LogP contribution in [0.4, 0.5) is 0 Å². The van der Waals surface area contributed by atoms with Crippen LogP contribution in [0.3, 0.4) is 0 Å². The molecule has 1 aliphatic heterocycles. The van der Waals surface area contributed by atoms with E-state index in [1.54, 1.807) is 0 Å². The highest BCUT2D eigenvalue weighted by Gasteiger charge is 2.21. The first kappa shape index (κ1) is 19.4. The molecular weight excluding hydrogens is 338 g/mol. The predicted octanol–water partition coefficient (Wildman–Crippen LogP) is 2.90. The number of hydrogen-bond donors (Lipinski definition) is 1. The Labute approximate surface area is 162 Å². The first-order valence-electron chi connectivity index (χ1n) is 9.97. The molecule has 0 atom stereocenters. The second kappa shape index (κ2) is 10.1. The molecule has 0 saturated carbocycles. The number of benzene rings is 1. The van der Waals surface area contributed by atoms with E-state index in [0.29, 0.717) is 12.6 Å². The molecule has 1 aromatic heterocycles. The van der Waals surface area contributed by atoms with Gasteiger partial charge < -0.3 is 19.5 Å². The summed E-state index contributed by atoms with van der Waals surface area (Å²) >= 11 is 0. The zero-order valence-corrected chi connectivity index (χ0v) is 16.5. The number of imidazole rings is 1. The minimum atomic E-state index is 0.400. The van der Waals surface area contributed by atoms with Crippen LogP contribution in [0.15, 0.2) is 48.0 Å². The lowest BCUT2D eigenvalue weighted by Gasteiger charge is -2.34. The van der Waals surface area contributed by atoms with Crippen LogP contribution in [-0.4, -0.2) is 52.8 Å². The molecular formula is C21H31N5O. The second-order valence-corrected chi connectivity index (χ2v) is 6.86. The predicted molar refractivity (Wildman–Crippen MR) is 109 cm³/mol. The summed E-state index contributed by atoms with van der Waals surface area (Å²) in [5, 5.41) is 3.44. The van der Waals surface area contributed by atoms with Gasteiger partial charge in [-0.2, -0.15) is 0 Å². The topological polar surface area (TPSA) is 54.7 Å². The molecule has 1 aromatic carbocycles. The molecule has 6 heteroatoms. The van der Waals surface area contributed by atoms with Gasteiger partial charge in [0, 0.05) is 45.2 Å². The molecule has 0 unspecified atom stereocenters. The Bertz CT molecular complexity index is 688. The van der Waals surface area contributed by atoms with E-state index in [1.165, 1.54) is 11.1 Å². The van der Waals surface area contributed by atoms with E-state index in [4.69, 9.17) is 9.73 Å². The fraction of sp³-hybridized carbons (Fsp3) is 0.524. The van der Waals surface area contributed by atoms with Gasteiger partial charge in [-0.1, -0.05) is 24.3 Å². The van der Waals surface area contributed by atoms with E-state index in [-0.39, 0.29) is 0 Å². The lowest BCUT2D eigenvalue weighted by Crippen LogP contribution is -2.47. The van der Waals surface area contributed by atoms with E-state index in [0.717, 1.165) is 51.6 Å². The lowest BCUT2D eigenvalue weighted by atomic mass is 10.1. The minimum absolute atomic E-state index is 0.400. The molecule has 2 aromatic rings. The average molecular weight is 370 g/mol. The smallest absolute Gasteiger partial charge is 0.194 e. The minimum Gasteiger partial charge on any atom is -0.378 e. The number of rotatable bonds is 7. The molecule has 27 heavy (non-hydrogen) atoms. The maximum absolute atomic E-state index is 5.76. The quantitative estimate of drug-likeness (QED) is 0.602. The molecule has 1 N–H and O–H groups in total. The molecule has 146 valence electrons. The molecule has 6 nitrogen and oxygen atoms in total. The highest BCUT2D eigenvalue weighted by molar-refractivity contribution is 5.80. The van der Waals surface area contributed by atoms with Gasteiger partial charge in [0.15, 0.2) is 5.96 Å². The highest BCUT2D eigenvalue weighted by Crippen LogP contribution is 2.14. The normalized spacial score (nSPS) is 15.9. The van der Waals surface area contributed by atoms with Crippen LogP contribution >= 0.6 is 0 Å². The number of ether oxygens (including phenoxy) is 1. The van der Waals surface area contributed by atoms with Gasteiger partial charge in [-0.25, -0.2) is 9.98 Å². The maximum atomic E-state index is 5.76. The van der Waals surface area contributed by atoms with Crippen LogP contribution in [0.5, 0.6) is 0 Å². The third kappa shape index (κ3) is 5.82. The number of hydrogen-bond acceptors (Lipinski definition) is 3. The van der Waals surface area contributed by atoms with Gasteiger partial charge in [0.25, 0.3) is 0 Å². The van der Waals surface area contributed by atoms with Crippen molar-refractivity contribution in [1.29, 1.82) is 0 Å². The Morgan fingerprint density at radius 2 is 1.93 bits per heavy atom. The summed E-state index contributed by atoms with van der Waals surface area (Å²) in [6.07, 6.45) is 8.17. The number of aliphatic imine (C=N–C) groups is 1. The zero-order chi connectivity index (χ0) is 18.9. The Hall–Kier alpha value is -2.34. The Kier molecular flexibility index (Phi) is 7.27. The number of nitrogens with one attached hydrogen (secondary N) is 1.